The number of anilines is 1. The summed E-state index contributed by atoms with van der Waals surface area (Å²) >= 11 is 0. The highest BCUT2D eigenvalue weighted by Crippen LogP contribution is 2.45. The van der Waals surface area contributed by atoms with E-state index >= 15 is 0 Å². The van der Waals surface area contributed by atoms with Crippen molar-refractivity contribution in [1.29, 1.82) is 0 Å². The number of rotatable bonds is 4. The summed E-state index contributed by atoms with van der Waals surface area (Å²) in [6.45, 7) is 11.9. The van der Waals surface area contributed by atoms with Crippen molar-refractivity contribution < 1.29 is 0 Å². The van der Waals surface area contributed by atoms with E-state index in [2.05, 4.69) is 165 Å². The minimum absolute atomic E-state index is 0.0541. The van der Waals surface area contributed by atoms with E-state index in [0.717, 1.165) is 12.8 Å². The van der Waals surface area contributed by atoms with Gasteiger partial charge >= 0.3 is 0 Å². The van der Waals surface area contributed by atoms with Crippen molar-refractivity contribution in [3.8, 4) is 0 Å². The largest absolute Gasteiger partial charge is 0.378 e. The van der Waals surface area contributed by atoms with Gasteiger partial charge in [0, 0.05) is 61.5 Å². The minimum Gasteiger partial charge on any atom is -0.378 e. The number of aromatic nitrogens is 2. The van der Waals surface area contributed by atoms with Gasteiger partial charge in [0.2, 0.25) is 0 Å². The third-order valence-corrected chi connectivity index (χ3v) is 10.8. The molecule has 0 fully saturated rings. The highest BCUT2D eigenvalue weighted by Gasteiger charge is 2.33. The average molecular weight is 614 g/mol. The van der Waals surface area contributed by atoms with Gasteiger partial charge in [0.25, 0.3) is 0 Å². The molecule has 3 atom stereocenters. The topological polar surface area (TPSA) is 32.8 Å². The SMILES string of the molecule is CC(C)(C)CC(C)(C)n1c2ccc(C3=CC4c5ccccc5NC4C=C3)cc2c2cc(C3C=Cc4[nH]c5ccccc5c4C3)ccc21. The average Bonchev–Trinajstić information content (AvgIpc) is 3.72. The predicted molar refractivity (Wildman–Crippen MR) is 200 cm³/mol. The fraction of sp³-hybridized carbons (Fsp3) is 0.273. The Morgan fingerprint density at radius 1 is 0.766 bits per heavy atom. The number of hydrogen-bond donors (Lipinski definition) is 2. The molecule has 0 bridgehead atoms. The number of nitrogens with zero attached hydrogens (tertiary/aromatic N) is 1. The number of para-hydroxylation sites is 2. The van der Waals surface area contributed by atoms with Crippen LogP contribution in [0.25, 0.3) is 44.4 Å². The summed E-state index contributed by atoms with van der Waals surface area (Å²) < 4.78 is 2.63. The Morgan fingerprint density at radius 3 is 2.38 bits per heavy atom. The maximum atomic E-state index is 3.71. The van der Waals surface area contributed by atoms with Crippen LogP contribution in [0.2, 0.25) is 0 Å². The summed E-state index contributed by atoms with van der Waals surface area (Å²) in [6, 6.07) is 32.3. The Hall–Kier alpha value is -4.76. The Bertz CT molecular complexity index is 2310. The molecule has 3 heteroatoms. The predicted octanol–water partition coefficient (Wildman–Crippen LogP) is 11.3. The van der Waals surface area contributed by atoms with Crippen LogP contribution in [-0.4, -0.2) is 15.6 Å². The van der Waals surface area contributed by atoms with Crippen LogP contribution >= 0.6 is 0 Å². The van der Waals surface area contributed by atoms with E-state index in [1.165, 1.54) is 71.9 Å². The molecule has 3 unspecified atom stereocenters. The Labute approximate surface area is 277 Å². The van der Waals surface area contributed by atoms with E-state index in [1.807, 2.05) is 0 Å². The van der Waals surface area contributed by atoms with Gasteiger partial charge in [0.15, 0.2) is 0 Å². The molecule has 4 aromatic carbocycles. The first-order valence-electron chi connectivity index (χ1n) is 17.3. The highest BCUT2D eigenvalue weighted by molar-refractivity contribution is 6.09. The van der Waals surface area contributed by atoms with E-state index < -0.39 is 0 Å². The van der Waals surface area contributed by atoms with Gasteiger partial charge in [0.1, 0.15) is 0 Å². The number of H-pyrrole nitrogens is 1. The first-order valence-corrected chi connectivity index (χ1v) is 17.3. The van der Waals surface area contributed by atoms with Crippen LogP contribution in [0, 0.1) is 5.41 Å². The summed E-state index contributed by atoms with van der Waals surface area (Å²) in [5.41, 5.74) is 13.3. The van der Waals surface area contributed by atoms with Crippen molar-refractivity contribution in [3.05, 3.63) is 137 Å². The molecule has 9 rings (SSSR count). The molecule has 0 saturated heterocycles. The number of hydrogen-bond acceptors (Lipinski definition) is 1. The molecule has 234 valence electrons. The van der Waals surface area contributed by atoms with Gasteiger partial charge in [-0.3, -0.25) is 0 Å². The first-order chi connectivity index (χ1) is 22.6. The third-order valence-electron chi connectivity index (χ3n) is 10.8. The molecular weight excluding hydrogens is 571 g/mol. The number of allylic oxidation sites excluding steroid dienone is 3. The molecule has 2 aliphatic carbocycles. The molecule has 1 aliphatic heterocycles. The van der Waals surface area contributed by atoms with Gasteiger partial charge in [-0.1, -0.05) is 93.6 Å². The summed E-state index contributed by atoms with van der Waals surface area (Å²) in [6.07, 6.45) is 13.9. The molecule has 0 radical (unpaired) electrons. The van der Waals surface area contributed by atoms with Gasteiger partial charge in [0.05, 0.1) is 6.04 Å². The fourth-order valence-corrected chi connectivity index (χ4v) is 9.18. The lowest BCUT2D eigenvalue weighted by Crippen LogP contribution is -2.31. The zero-order chi connectivity index (χ0) is 32.1. The van der Waals surface area contributed by atoms with Crippen LogP contribution in [0.15, 0.2) is 109 Å². The summed E-state index contributed by atoms with van der Waals surface area (Å²) in [7, 11) is 0. The van der Waals surface area contributed by atoms with Crippen LogP contribution in [0.1, 0.15) is 80.8 Å². The van der Waals surface area contributed by atoms with Crippen LogP contribution < -0.4 is 5.32 Å². The van der Waals surface area contributed by atoms with E-state index in [9.17, 15) is 0 Å². The second-order valence-electron chi connectivity index (χ2n) is 15.9. The molecule has 0 spiro atoms. The maximum Gasteiger partial charge on any atom is 0.0552 e. The van der Waals surface area contributed by atoms with Crippen molar-refractivity contribution in [2.75, 3.05) is 5.32 Å². The fourth-order valence-electron chi connectivity index (χ4n) is 9.18. The molecular formula is C44H43N3. The Morgan fingerprint density at radius 2 is 1.53 bits per heavy atom. The van der Waals surface area contributed by atoms with Crippen LogP contribution in [0.5, 0.6) is 0 Å². The summed E-state index contributed by atoms with van der Waals surface area (Å²) in [4.78, 5) is 3.63. The number of nitrogens with one attached hydrogen (secondary N) is 2. The van der Waals surface area contributed by atoms with Gasteiger partial charge in [-0.25, -0.2) is 0 Å². The number of benzene rings is 4. The molecule has 3 nitrogen and oxygen atoms in total. The lowest BCUT2D eigenvalue weighted by molar-refractivity contribution is 0.225. The Kier molecular flexibility index (Phi) is 6.13. The maximum absolute atomic E-state index is 3.71. The molecule has 3 aliphatic rings. The van der Waals surface area contributed by atoms with Crippen molar-refractivity contribution in [2.45, 2.75) is 70.9 Å². The second kappa shape index (κ2) is 10.1. The number of fused-ring (bicyclic) bond motifs is 9. The van der Waals surface area contributed by atoms with Crippen LogP contribution in [0.3, 0.4) is 0 Å². The van der Waals surface area contributed by atoms with Gasteiger partial charge in [-0.2, -0.15) is 0 Å². The van der Waals surface area contributed by atoms with Gasteiger partial charge in [-0.05, 0) is 102 Å². The quantitative estimate of drug-likeness (QED) is 0.204. The minimum atomic E-state index is -0.0541. The first kappa shape index (κ1) is 28.5. The molecule has 2 aromatic heterocycles. The lowest BCUT2D eigenvalue weighted by atomic mass is 9.81. The van der Waals surface area contributed by atoms with Crippen molar-refractivity contribution >= 4 is 50.0 Å². The molecule has 0 saturated carbocycles. The van der Waals surface area contributed by atoms with Crippen LogP contribution in [-0.2, 0) is 12.0 Å². The van der Waals surface area contributed by atoms with E-state index in [4.69, 9.17) is 0 Å². The zero-order valence-electron chi connectivity index (χ0n) is 28.1. The van der Waals surface area contributed by atoms with Gasteiger partial charge in [-0.15, -0.1) is 0 Å². The van der Waals surface area contributed by atoms with Crippen LogP contribution in [0.4, 0.5) is 5.69 Å². The van der Waals surface area contributed by atoms with E-state index in [1.54, 1.807) is 0 Å². The smallest absolute Gasteiger partial charge is 0.0552 e. The zero-order valence-corrected chi connectivity index (χ0v) is 28.1. The van der Waals surface area contributed by atoms with E-state index in [-0.39, 0.29) is 11.0 Å². The third kappa shape index (κ3) is 4.62. The Balaban J connectivity index is 1.18. The standard InChI is InChI=1S/C44H43N3/c1-43(2,3)26-44(4,5)47-41-20-16-29(27-14-18-39-33(22-27)31-10-6-8-12-37(31)45-39)24-35(41)36-25-30(17-21-42(36)47)28-15-19-40-34(23-28)32-11-7-9-13-38(32)46-40/h6-22,24-25,28,33,39,45-46H,23,26H2,1-5H3. The van der Waals surface area contributed by atoms with Crippen molar-refractivity contribution in [1.82, 2.24) is 9.55 Å². The molecule has 2 N–H and O–H groups in total. The van der Waals surface area contributed by atoms with Crippen molar-refractivity contribution in [3.63, 3.8) is 0 Å². The van der Waals surface area contributed by atoms with E-state index in [0.29, 0.717) is 17.9 Å². The summed E-state index contributed by atoms with van der Waals surface area (Å²) in [5.74, 6) is 0.694. The van der Waals surface area contributed by atoms with Gasteiger partial charge < -0.3 is 14.9 Å². The molecule has 3 heterocycles. The highest BCUT2D eigenvalue weighted by atomic mass is 15.1. The normalized spacial score (nSPS) is 20.4. The molecule has 47 heavy (non-hydrogen) atoms. The van der Waals surface area contributed by atoms with Crippen molar-refractivity contribution in [2.24, 2.45) is 5.41 Å². The second-order valence-corrected chi connectivity index (χ2v) is 15.9. The number of aromatic amines is 1. The molecule has 0 amide bonds. The summed E-state index contributed by atoms with van der Waals surface area (Å²) in [5, 5.41) is 7.75. The molecule has 6 aromatic rings. The monoisotopic (exact) mass is 613 g/mol. The lowest BCUT2D eigenvalue weighted by Gasteiger charge is -2.35.